The van der Waals surface area contributed by atoms with Crippen LogP contribution in [0.1, 0.15) is 30.9 Å². The van der Waals surface area contributed by atoms with E-state index in [1.165, 1.54) is 19.4 Å². The summed E-state index contributed by atoms with van der Waals surface area (Å²) in [6.45, 7) is 8.38. The zero-order chi connectivity index (χ0) is 16.0. The molecular formula is C19H24N2O2. The van der Waals surface area contributed by atoms with Crippen molar-refractivity contribution in [3.8, 4) is 0 Å². The Hall–Kier alpha value is -1.65. The van der Waals surface area contributed by atoms with Gasteiger partial charge in [-0.2, -0.15) is 0 Å². The van der Waals surface area contributed by atoms with Gasteiger partial charge < -0.3 is 4.42 Å². The third-order valence-corrected chi connectivity index (χ3v) is 5.44. The van der Waals surface area contributed by atoms with E-state index in [0.29, 0.717) is 29.6 Å². The van der Waals surface area contributed by atoms with Gasteiger partial charge in [0.2, 0.25) is 0 Å². The Kier molecular flexibility index (Phi) is 3.74. The van der Waals surface area contributed by atoms with Crippen LogP contribution in [0.15, 0.2) is 33.7 Å². The smallest absolute Gasteiger partial charge is 0.197 e. The van der Waals surface area contributed by atoms with E-state index in [0.717, 1.165) is 24.2 Å². The topological polar surface area (TPSA) is 36.7 Å². The second kappa shape index (κ2) is 5.77. The molecule has 2 saturated heterocycles. The number of hydrogen-bond donors (Lipinski definition) is 0. The Morgan fingerprint density at radius 3 is 3.04 bits per heavy atom. The van der Waals surface area contributed by atoms with Gasteiger partial charge in [-0.1, -0.05) is 11.6 Å². The van der Waals surface area contributed by atoms with Crippen molar-refractivity contribution < 1.29 is 4.42 Å². The van der Waals surface area contributed by atoms with Crippen molar-refractivity contribution in [2.24, 2.45) is 0 Å². The summed E-state index contributed by atoms with van der Waals surface area (Å²) in [6.07, 6.45) is 4.26. The average Bonchev–Trinajstić information content (AvgIpc) is 2.98. The van der Waals surface area contributed by atoms with Gasteiger partial charge in [-0.25, -0.2) is 0 Å². The monoisotopic (exact) mass is 312 g/mol. The number of aryl methyl sites for hydroxylation is 1. The third kappa shape index (κ3) is 2.70. The number of nitrogens with zero attached hydrogens (tertiary/aromatic N) is 2. The Morgan fingerprint density at radius 1 is 1.30 bits per heavy atom. The predicted octanol–water partition coefficient (Wildman–Crippen LogP) is 2.77. The minimum absolute atomic E-state index is 0.121. The highest BCUT2D eigenvalue weighted by molar-refractivity contribution is 5.77. The van der Waals surface area contributed by atoms with Crippen LogP contribution >= 0.6 is 0 Å². The fourth-order valence-corrected chi connectivity index (χ4v) is 4.08. The van der Waals surface area contributed by atoms with E-state index in [2.05, 4.69) is 16.7 Å². The van der Waals surface area contributed by atoms with E-state index in [1.54, 1.807) is 6.26 Å². The molecule has 2 aromatic rings. The average molecular weight is 312 g/mol. The summed E-state index contributed by atoms with van der Waals surface area (Å²) in [6, 6.07) is 6.95. The van der Waals surface area contributed by atoms with Gasteiger partial charge in [0, 0.05) is 37.3 Å². The molecule has 0 bridgehead atoms. The molecule has 0 radical (unpaired) electrons. The molecule has 23 heavy (non-hydrogen) atoms. The lowest BCUT2D eigenvalue weighted by molar-refractivity contribution is 0.0535. The van der Waals surface area contributed by atoms with E-state index in [-0.39, 0.29) is 5.43 Å². The minimum atomic E-state index is 0.121. The number of rotatable bonds is 2. The molecule has 0 N–H and O–H groups in total. The quantitative estimate of drug-likeness (QED) is 0.854. The lowest BCUT2D eigenvalue weighted by Crippen LogP contribution is -2.54. The molecule has 0 unspecified atom stereocenters. The van der Waals surface area contributed by atoms with Crippen molar-refractivity contribution in [1.82, 2.24) is 9.80 Å². The number of fused-ring (bicyclic) bond motifs is 2. The van der Waals surface area contributed by atoms with Crippen LogP contribution in [0, 0.1) is 6.92 Å². The molecule has 2 aliphatic rings. The van der Waals surface area contributed by atoms with Crippen LogP contribution in [-0.2, 0) is 6.54 Å². The van der Waals surface area contributed by atoms with Crippen LogP contribution in [-0.4, -0.2) is 41.5 Å². The zero-order valence-electron chi connectivity index (χ0n) is 13.9. The zero-order valence-corrected chi connectivity index (χ0v) is 13.9. The molecule has 1 aromatic carbocycles. The minimum Gasteiger partial charge on any atom is -0.464 e. The van der Waals surface area contributed by atoms with Crippen LogP contribution in [0.5, 0.6) is 0 Å². The second-order valence-electron chi connectivity index (χ2n) is 7.16. The molecule has 0 aliphatic carbocycles. The number of benzene rings is 1. The predicted molar refractivity (Wildman–Crippen MR) is 91.7 cm³/mol. The highest BCUT2D eigenvalue weighted by Gasteiger charge is 2.34. The van der Waals surface area contributed by atoms with Crippen LogP contribution < -0.4 is 5.43 Å². The van der Waals surface area contributed by atoms with E-state index in [4.69, 9.17) is 4.42 Å². The summed E-state index contributed by atoms with van der Waals surface area (Å²) >= 11 is 0. The van der Waals surface area contributed by atoms with Gasteiger partial charge >= 0.3 is 0 Å². The van der Waals surface area contributed by atoms with Gasteiger partial charge in [-0.15, -0.1) is 0 Å². The molecule has 122 valence electrons. The summed E-state index contributed by atoms with van der Waals surface area (Å²) in [7, 11) is 0. The lowest BCUT2D eigenvalue weighted by atomic mass is 10.1. The molecule has 3 heterocycles. The molecule has 0 saturated carbocycles. The first kappa shape index (κ1) is 14.9. The molecule has 4 rings (SSSR count). The van der Waals surface area contributed by atoms with Crippen molar-refractivity contribution >= 4 is 11.0 Å². The lowest BCUT2D eigenvalue weighted by Gasteiger charge is -2.42. The fraction of sp³-hybridized carbons (Fsp3) is 0.526. The van der Waals surface area contributed by atoms with Gasteiger partial charge in [0.05, 0.1) is 11.6 Å². The van der Waals surface area contributed by atoms with E-state index in [9.17, 15) is 4.79 Å². The van der Waals surface area contributed by atoms with Crippen molar-refractivity contribution in [2.75, 3.05) is 19.6 Å². The standard InChI is InChI=1S/C19H24N2O2/c1-13-5-6-18-17(8-13)19(22)15(12-23-18)10-21-11-16-4-3-7-20(16)9-14(21)2/h5-6,8,12,14,16H,3-4,7,9-11H2,1-2H3/t14-,16+/m0/s1. The Morgan fingerprint density at radius 2 is 2.17 bits per heavy atom. The van der Waals surface area contributed by atoms with Crippen molar-refractivity contribution in [3.63, 3.8) is 0 Å². The third-order valence-electron chi connectivity index (χ3n) is 5.44. The van der Waals surface area contributed by atoms with Crippen molar-refractivity contribution in [1.29, 1.82) is 0 Å². The van der Waals surface area contributed by atoms with Crippen LogP contribution in [0.3, 0.4) is 0 Å². The van der Waals surface area contributed by atoms with Gasteiger partial charge in [-0.3, -0.25) is 14.6 Å². The first-order valence-electron chi connectivity index (χ1n) is 8.61. The van der Waals surface area contributed by atoms with E-state index >= 15 is 0 Å². The first-order valence-corrected chi connectivity index (χ1v) is 8.61. The summed E-state index contributed by atoms with van der Waals surface area (Å²) < 4.78 is 5.70. The molecule has 2 fully saturated rings. The maximum absolute atomic E-state index is 12.8. The second-order valence-corrected chi connectivity index (χ2v) is 7.16. The summed E-state index contributed by atoms with van der Waals surface area (Å²) in [5.41, 5.74) is 2.67. The highest BCUT2D eigenvalue weighted by Crippen LogP contribution is 2.25. The van der Waals surface area contributed by atoms with Crippen LogP contribution in [0.2, 0.25) is 0 Å². The van der Waals surface area contributed by atoms with Gasteiger partial charge in [0.25, 0.3) is 0 Å². The van der Waals surface area contributed by atoms with Gasteiger partial charge in [0.15, 0.2) is 5.43 Å². The Balaban J connectivity index is 1.62. The SMILES string of the molecule is Cc1ccc2occ(CN3C[C@H]4CCCN4C[C@@H]3C)c(=O)c2c1. The molecule has 2 atom stereocenters. The van der Waals surface area contributed by atoms with Gasteiger partial charge in [-0.05, 0) is 45.4 Å². The first-order chi connectivity index (χ1) is 11.1. The van der Waals surface area contributed by atoms with E-state index < -0.39 is 0 Å². The molecule has 0 spiro atoms. The molecular weight excluding hydrogens is 288 g/mol. The summed E-state index contributed by atoms with van der Waals surface area (Å²) in [5.74, 6) is 0. The van der Waals surface area contributed by atoms with Crippen molar-refractivity contribution in [3.05, 3.63) is 45.8 Å². The van der Waals surface area contributed by atoms with Gasteiger partial charge in [0.1, 0.15) is 5.58 Å². The Bertz CT molecular complexity index is 783. The van der Waals surface area contributed by atoms with Crippen LogP contribution in [0.25, 0.3) is 11.0 Å². The summed E-state index contributed by atoms with van der Waals surface area (Å²) in [5, 5.41) is 0.703. The largest absolute Gasteiger partial charge is 0.464 e. The normalized spacial score (nSPS) is 25.8. The maximum atomic E-state index is 12.8. The number of hydrogen-bond acceptors (Lipinski definition) is 4. The fourth-order valence-electron chi connectivity index (χ4n) is 4.08. The highest BCUT2D eigenvalue weighted by atomic mass is 16.3. The molecule has 1 aromatic heterocycles. The van der Waals surface area contributed by atoms with Crippen molar-refractivity contribution in [2.45, 2.75) is 45.3 Å². The Labute approximate surface area is 136 Å². The number of piperazine rings is 1. The van der Waals surface area contributed by atoms with E-state index in [1.807, 2.05) is 25.1 Å². The molecule has 4 nitrogen and oxygen atoms in total. The molecule has 2 aliphatic heterocycles. The summed E-state index contributed by atoms with van der Waals surface area (Å²) in [4.78, 5) is 17.8. The van der Waals surface area contributed by atoms with Crippen LogP contribution in [0.4, 0.5) is 0 Å². The molecule has 4 heteroatoms. The maximum Gasteiger partial charge on any atom is 0.197 e. The molecule has 0 amide bonds.